The third-order valence-electron chi connectivity index (χ3n) is 4.35. The highest BCUT2D eigenvalue weighted by Crippen LogP contribution is 2.40. The fourth-order valence-electron chi connectivity index (χ4n) is 2.88. The number of methoxy groups -OCH3 is 3. The fraction of sp³-hybridized carbons (Fsp3) is 0.238. The topological polar surface area (TPSA) is 90.0 Å². The molecule has 0 saturated carbocycles. The number of aromatic nitrogens is 1. The van der Waals surface area contributed by atoms with Crippen molar-refractivity contribution in [3.8, 4) is 17.2 Å². The number of hydrogen-bond acceptors (Lipinski definition) is 8. The SMILES string of the molecule is COc1cc(/C=C2/SC(=S)N(CCC(=O)Nc3ccccn3)C2=O)cc(OC)c1OC. The van der Waals surface area contributed by atoms with Gasteiger partial charge in [-0.1, -0.05) is 30.0 Å². The molecule has 31 heavy (non-hydrogen) atoms. The summed E-state index contributed by atoms with van der Waals surface area (Å²) in [5, 5.41) is 2.69. The molecule has 0 radical (unpaired) electrons. The van der Waals surface area contributed by atoms with E-state index in [0.29, 0.717) is 37.9 Å². The molecule has 10 heteroatoms. The lowest BCUT2D eigenvalue weighted by Crippen LogP contribution is -2.31. The molecule has 2 amide bonds. The van der Waals surface area contributed by atoms with Crippen molar-refractivity contribution in [1.29, 1.82) is 0 Å². The molecule has 1 aliphatic heterocycles. The Morgan fingerprint density at radius 2 is 1.90 bits per heavy atom. The maximum atomic E-state index is 12.8. The molecular formula is C21H21N3O5S2. The molecule has 2 heterocycles. The minimum Gasteiger partial charge on any atom is -0.493 e. The number of rotatable bonds is 8. The number of benzene rings is 1. The summed E-state index contributed by atoms with van der Waals surface area (Å²) in [6, 6.07) is 8.72. The first kappa shape index (κ1) is 22.6. The zero-order valence-corrected chi connectivity index (χ0v) is 18.8. The van der Waals surface area contributed by atoms with Gasteiger partial charge in [0.1, 0.15) is 10.1 Å². The summed E-state index contributed by atoms with van der Waals surface area (Å²) in [4.78, 5) is 30.9. The molecule has 1 saturated heterocycles. The van der Waals surface area contributed by atoms with Crippen LogP contribution < -0.4 is 19.5 Å². The van der Waals surface area contributed by atoms with Crippen LogP contribution in [0.25, 0.3) is 6.08 Å². The maximum Gasteiger partial charge on any atom is 0.266 e. The van der Waals surface area contributed by atoms with Crippen molar-refractivity contribution in [1.82, 2.24) is 9.88 Å². The number of carbonyl (C=O) groups excluding carboxylic acids is 2. The number of hydrogen-bond donors (Lipinski definition) is 1. The zero-order valence-electron chi connectivity index (χ0n) is 17.2. The van der Waals surface area contributed by atoms with Crippen LogP contribution in [0.15, 0.2) is 41.4 Å². The first-order chi connectivity index (χ1) is 15.0. The number of nitrogens with zero attached hydrogens (tertiary/aromatic N) is 2. The average Bonchev–Trinajstić information content (AvgIpc) is 3.04. The first-order valence-electron chi connectivity index (χ1n) is 9.23. The van der Waals surface area contributed by atoms with E-state index in [1.807, 2.05) is 0 Å². The summed E-state index contributed by atoms with van der Waals surface area (Å²) in [6.45, 7) is 0.177. The van der Waals surface area contributed by atoms with Crippen LogP contribution in [0, 0.1) is 0 Å². The van der Waals surface area contributed by atoms with Gasteiger partial charge in [-0.25, -0.2) is 4.98 Å². The van der Waals surface area contributed by atoms with Gasteiger partial charge in [0.05, 0.1) is 26.2 Å². The van der Waals surface area contributed by atoms with E-state index in [1.165, 1.54) is 38.0 Å². The molecule has 1 N–H and O–H groups in total. The third kappa shape index (κ3) is 5.33. The number of ether oxygens (including phenoxy) is 3. The highest BCUT2D eigenvalue weighted by Gasteiger charge is 2.32. The lowest BCUT2D eigenvalue weighted by atomic mass is 10.1. The molecule has 0 bridgehead atoms. The van der Waals surface area contributed by atoms with Crippen molar-refractivity contribution in [2.45, 2.75) is 6.42 Å². The molecule has 3 rings (SSSR count). The molecule has 0 unspecified atom stereocenters. The standard InChI is InChI=1S/C21H21N3O5S2/c1-27-14-10-13(11-15(28-2)19(14)29-3)12-16-20(26)24(21(30)31-16)9-7-18(25)23-17-6-4-5-8-22-17/h4-6,8,10-12H,7,9H2,1-3H3,(H,22,23,25)/b16-12+. The van der Waals surface area contributed by atoms with Crippen LogP contribution in [0.3, 0.4) is 0 Å². The van der Waals surface area contributed by atoms with Crippen molar-refractivity contribution in [3.63, 3.8) is 0 Å². The molecular weight excluding hydrogens is 438 g/mol. The Kier molecular flexibility index (Phi) is 7.48. The summed E-state index contributed by atoms with van der Waals surface area (Å²) in [5.41, 5.74) is 0.697. The van der Waals surface area contributed by atoms with Crippen LogP contribution in [0.4, 0.5) is 5.82 Å². The van der Waals surface area contributed by atoms with E-state index in [0.717, 1.165) is 0 Å². The van der Waals surface area contributed by atoms with E-state index in [9.17, 15) is 9.59 Å². The number of nitrogens with one attached hydrogen (secondary N) is 1. The average molecular weight is 460 g/mol. The molecule has 0 atom stereocenters. The molecule has 2 aromatic rings. The van der Waals surface area contributed by atoms with Crippen molar-refractivity contribution in [2.75, 3.05) is 33.2 Å². The number of pyridine rings is 1. The van der Waals surface area contributed by atoms with Gasteiger partial charge >= 0.3 is 0 Å². The van der Waals surface area contributed by atoms with Gasteiger partial charge in [0.25, 0.3) is 5.91 Å². The molecule has 8 nitrogen and oxygen atoms in total. The molecule has 1 fully saturated rings. The second-order valence-electron chi connectivity index (χ2n) is 6.31. The summed E-state index contributed by atoms with van der Waals surface area (Å²) in [6.07, 6.45) is 3.39. The van der Waals surface area contributed by atoms with Crippen LogP contribution in [-0.2, 0) is 9.59 Å². The summed E-state index contributed by atoms with van der Waals surface area (Å²) >= 11 is 6.52. The second kappa shape index (κ2) is 10.3. The van der Waals surface area contributed by atoms with Crippen molar-refractivity contribution in [2.24, 2.45) is 0 Å². The third-order valence-corrected chi connectivity index (χ3v) is 5.73. The zero-order chi connectivity index (χ0) is 22.4. The largest absolute Gasteiger partial charge is 0.493 e. The quantitative estimate of drug-likeness (QED) is 0.475. The Morgan fingerprint density at radius 1 is 1.19 bits per heavy atom. The predicted molar refractivity (Wildman–Crippen MR) is 123 cm³/mol. The van der Waals surface area contributed by atoms with E-state index in [2.05, 4.69) is 10.3 Å². The highest BCUT2D eigenvalue weighted by atomic mass is 32.2. The molecule has 1 aromatic carbocycles. The van der Waals surface area contributed by atoms with E-state index < -0.39 is 0 Å². The number of carbonyl (C=O) groups is 2. The Morgan fingerprint density at radius 3 is 2.48 bits per heavy atom. The van der Waals surface area contributed by atoms with Gasteiger partial charge in [0.15, 0.2) is 11.5 Å². The van der Waals surface area contributed by atoms with Crippen molar-refractivity contribution >= 4 is 52.0 Å². The first-order valence-corrected chi connectivity index (χ1v) is 10.5. The van der Waals surface area contributed by atoms with E-state index in [-0.39, 0.29) is 24.8 Å². The Balaban J connectivity index is 1.71. The lowest BCUT2D eigenvalue weighted by molar-refractivity contribution is -0.122. The number of thioether (sulfide) groups is 1. The van der Waals surface area contributed by atoms with Gasteiger partial charge in [0, 0.05) is 19.2 Å². The summed E-state index contributed by atoms with van der Waals surface area (Å²) in [5.74, 6) is 1.38. The predicted octanol–water partition coefficient (Wildman–Crippen LogP) is 3.34. The normalized spacial score (nSPS) is 14.7. The number of anilines is 1. The monoisotopic (exact) mass is 459 g/mol. The van der Waals surface area contributed by atoms with Gasteiger partial charge in [-0.2, -0.15) is 0 Å². The van der Waals surface area contributed by atoms with Gasteiger partial charge in [0.2, 0.25) is 11.7 Å². The van der Waals surface area contributed by atoms with Crippen molar-refractivity contribution in [3.05, 3.63) is 47.0 Å². The molecule has 0 aliphatic carbocycles. The van der Waals surface area contributed by atoms with Gasteiger partial charge in [-0.05, 0) is 35.9 Å². The minimum absolute atomic E-state index is 0.0977. The minimum atomic E-state index is -0.255. The molecule has 0 spiro atoms. The van der Waals surface area contributed by atoms with E-state index in [4.69, 9.17) is 26.4 Å². The van der Waals surface area contributed by atoms with Crippen LogP contribution >= 0.6 is 24.0 Å². The number of amides is 2. The Hall–Kier alpha value is -3.11. The number of thiocarbonyl (C=S) groups is 1. The van der Waals surface area contributed by atoms with Crippen LogP contribution in [0.5, 0.6) is 17.2 Å². The van der Waals surface area contributed by atoms with Crippen molar-refractivity contribution < 1.29 is 23.8 Å². The van der Waals surface area contributed by atoms with Gasteiger partial charge in [-0.15, -0.1) is 0 Å². The summed E-state index contributed by atoms with van der Waals surface area (Å²) < 4.78 is 16.4. The van der Waals surface area contributed by atoms with Gasteiger partial charge in [-0.3, -0.25) is 14.5 Å². The molecule has 1 aliphatic rings. The molecule has 1 aromatic heterocycles. The smallest absolute Gasteiger partial charge is 0.266 e. The van der Waals surface area contributed by atoms with E-state index >= 15 is 0 Å². The lowest BCUT2D eigenvalue weighted by Gasteiger charge is -2.14. The maximum absolute atomic E-state index is 12.8. The summed E-state index contributed by atoms with van der Waals surface area (Å²) in [7, 11) is 4.57. The van der Waals surface area contributed by atoms with E-state index in [1.54, 1.807) is 42.6 Å². The van der Waals surface area contributed by atoms with Gasteiger partial charge < -0.3 is 19.5 Å². The second-order valence-corrected chi connectivity index (χ2v) is 7.98. The Labute approximate surface area is 189 Å². The van der Waals surface area contributed by atoms with Crippen LogP contribution in [0.2, 0.25) is 0 Å². The molecule has 162 valence electrons. The Bertz CT molecular complexity index is 1000. The van der Waals surface area contributed by atoms with Crippen LogP contribution in [-0.4, -0.2) is 53.9 Å². The fourth-order valence-corrected chi connectivity index (χ4v) is 4.19. The van der Waals surface area contributed by atoms with Crippen LogP contribution in [0.1, 0.15) is 12.0 Å². The highest BCUT2D eigenvalue weighted by molar-refractivity contribution is 8.26.